The second-order valence-corrected chi connectivity index (χ2v) is 9.47. The van der Waals surface area contributed by atoms with Crippen LogP contribution in [0.3, 0.4) is 0 Å². The Hall–Kier alpha value is -3.99. The molecule has 0 unspecified atom stereocenters. The van der Waals surface area contributed by atoms with Gasteiger partial charge in [0.25, 0.3) is 0 Å². The van der Waals surface area contributed by atoms with Crippen LogP contribution in [0.4, 0.5) is 0 Å². The molecule has 0 saturated heterocycles. The molecule has 2 heterocycles. The molecule has 6 rings (SSSR count). The van der Waals surface area contributed by atoms with Crippen LogP contribution in [0.25, 0.3) is 33.0 Å². The summed E-state index contributed by atoms with van der Waals surface area (Å²) in [6.45, 7) is 0.546. The quantitative estimate of drug-likeness (QED) is 0.252. The number of aromatic amines is 1. The number of ether oxygens (including phenoxy) is 1. The molecule has 2 N–H and O–H groups in total. The number of nitrogens with one attached hydrogen (secondary N) is 1. The van der Waals surface area contributed by atoms with Gasteiger partial charge in [-0.1, -0.05) is 36.4 Å². The van der Waals surface area contributed by atoms with Crippen LogP contribution in [0, 0.1) is 5.92 Å². The molecule has 5 nitrogen and oxygen atoms in total. The molecule has 0 radical (unpaired) electrons. The highest BCUT2D eigenvalue weighted by atomic mass is 16.5. The molecule has 0 atom stereocenters. The van der Waals surface area contributed by atoms with Gasteiger partial charge in [-0.3, -0.25) is 4.79 Å². The maximum atomic E-state index is 11.0. The van der Waals surface area contributed by atoms with Crippen molar-refractivity contribution in [1.29, 1.82) is 0 Å². The fraction of sp³-hybridized carbons (Fsp3) is 0.233. The van der Waals surface area contributed by atoms with Crippen molar-refractivity contribution in [1.82, 2.24) is 4.98 Å². The number of H-pyrrole nitrogens is 1. The van der Waals surface area contributed by atoms with Gasteiger partial charge >= 0.3 is 5.97 Å². The SMILES string of the molecule is O=C(O)Cc1ccc2[nH]c(CCOc3ccc4c(-c5ccccc5)coc4c3CC3CC3)cc2c1. The number of hydrogen-bond donors (Lipinski definition) is 2. The van der Waals surface area contributed by atoms with E-state index in [4.69, 9.17) is 14.3 Å². The number of fused-ring (bicyclic) bond motifs is 2. The van der Waals surface area contributed by atoms with Crippen LogP contribution in [0.5, 0.6) is 5.75 Å². The first-order valence-electron chi connectivity index (χ1n) is 12.2. The lowest BCUT2D eigenvalue weighted by Gasteiger charge is -2.12. The Morgan fingerprint density at radius 1 is 1.06 bits per heavy atom. The van der Waals surface area contributed by atoms with Gasteiger partial charge in [0.05, 0.1) is 19.3 Å². The Labute approximate surface area is 203 Å². The maximum absolute atomic E-state index is 11.0. The molecule has 3 aromatic carbocycles. The molecule has 176 valence electrons. The van der Waals surface area contributed by atoms with Gasteiger partial charge in [0, 0.05) is 34.1 Å². The van der Waals surface area contributed by atoms with Crippen molar-refractivity contribution in [3.05, 3.63) is 89.8 Å². The molecule has 1 aliphatic carbocycles. The zero-order valence-electron chi connectivity index (χ0n) is 19.4. The minimum atomic E-state index is -0.820. The van der Waals surface area contributed by atoms with E-state index < -0.39 is 5.97 Å². The first-order valence-corrected chi connectivity index (χ1v) is 12.2. The van der Waals surface area contributed by atoms with Crippen LogP contribution in [0.2, 0.25) is 0 Å². The topological polar surface area (TPSA) is 75.5 Å². The Kier molecular flexibility index (Phi) is 5.53. The highest BCUT2D eigenvalue weighted by Crippen LogP contribution is 2.41. The van der Waals surface area contributed by atoms with Gasteiger partial charge in [-0.15, -0.1) is 0 Å². The lowest BCUT2D eigenvalue weighted by Crippen LogP contribution is -2.04. The molecule has 35 heavy (non-hydrogen) atoms. The molecule has 0 amide bonds. The first-order chi connectivity index (χ1) is 17.1. The number of benzene rings is 3. The molecule has 0 aliphatic heterocycles. The van der Waals surface area contributed by atoms with Gasteiger partial charge in [0.15, 0.2) is 0 Å². The van der Waals surface area contributed by atoms with Gasteiger partial charge in [-0.2, -0.15) is 0 Å². The van der Waals surface area contributed by atoms with E-state index in [-0.39, 0.29) is 6.42 Å². The monoisotopic (exact) mass is 465 g/mol. The number of furan rings is 1. The second kappa shape index (κ2) is 8.99. The van der Waals surface area contributed by atoms with E-state index in [2.05, 4.69) is 35.3 Å². The number of carboxylic acid groups (broad SMARTS) is 1. The highest BCUT2D eigenvalue weighted by Gasteiger charge is 2.26. The molecule has 0 spiro atoms. The number of carboxylic acids is 1. The molecule has 1 aliphatic rings. The van der Waals surface area contributed by atoms with Gasteiger partial charge in [-0.05, 0) is 72.0 Å². The lowest BCUT2D eigenvalue weighted by molar-refractivity contribution is -0.136. The standard InChI is InChI=1S/C30H27NO4/c32-29(33)16-20-8-10-27-22(14-20)17-23(31-27)12-13-34-28-11-9-24-26(21-4-2-1-3-5-21)18-35-30(24)25(28)15-19-6-7-19/h1-5,8-11,14,17-19,31H,6-7,12-13,15-16H2,(H,32,33). The largest absolute Gasteiger partial charge is 0.493 e. The highest BCUT2D eigenvalue weighted by molar-refractivity contribution is 5.96. The van der Waals surface area contributed by atoms with Gasteiger partial charge in [0.2, 0.25) is 0 Å². The van der Waals surface area contributed by atoms with Crippen LogP contribution in [0.1, 0.15) is 29.7 Å². The first kappa shape index (κ1) is 21.5. The molecular weight excluding hydrogens is 438 g/mol. The Morgan fingerprint density at radius 3 is 2.71 bits per heavy atom. The summed E-state index contributed by atoms with van der Waals surface area (Å²) in [5, 5.41) is 11.2. The third-order valence-electron chi connectivity index (χ3n) is 6.80. The van der Waals surface area contributed by atoms with Crippen LogP contribution >= 0.6 is 0 Å². The molecular formula is C30H27NO4. The van der Waals surface area contributed by atoms with Crippen LogP contribution in [0.15, 0.2) is 77.4 Å². The van der Waals surface area contributed by atoms with E-state index in [1.807, 2.05) is 42.7 Å². The average molecular weight is 466 g/mol. The molecule has 1 fully saturated rings. The summed E-state index contributed by atoms with van der Waals surface area (Å²) in [5.74, 6) is 0.792. The van der Waals surface area contributed by atoms with Crippen LogP contribution in [-0.2, 0) is 24.1 Å². The number of aromatic nitrogens is 1. The minimum absolute atomic E-state index is 0.0323. The number of carbonyl (C=O) groups is 1. The number of hydrogen-bond acceptors (Lipinski definition) is 3. The van der Waals surface area contributed by atoms with Gasteiger partial charge in [-0.25, -0.2) is 0 Å². The summed E-state index contributed by atoms with van der Waals surface area (Å²) in [6, 6.07) is 22.4. The third kappa shape index (κ3) is 4.54. The summed E-state index contributed by atoms with van der Waals surface area (Å²) >= 11 is 0. The van der Waals surface area contributed by atoms with Crippen molar-refractivity contribution < 1.29 is 19.1 Å². The van der Waals surface area contributed by atoms with Crippen LogP contribution in [-0.4, -0.2) is 22.7 Å². The third-order valence-corrected chi connectivity index (χ3v) is 6.80. The van der Waals surface area contributed by atoms with Gasteiger partial charge in [0.1, 0.15) is 11.3 Å². The van der Waals surface area contributed by atoms with E-state index in [1.165, 1.54) is 18.4 Å². The number of aliphatic carboxylic acids is 1. The lowest BCUT2D eigenvalue weighted by atomic mass is 10.00. The number of rotatable bonds is 9. The Bertz CT molecular complexity index is 1510. The summed E-state index contributed by atoms with van der Waals surface area (Å²) in [4.78, 5) is 14.4. The van der Waals surface area contributed by atoms with Crippen molar-refractivity contribution >= 4 is 27.8 Å². The van der Waals surface area contributed by atoms with Crippen molar-refractivity contribution in [2.75, 3.05) is 6.61 Å². The van der Waals surface area contributed by atoms with E-state index >= 15 is 0 Å². The summed E-state index contributed by atoms with van der Waals surface area (Å²) < 4.78 is 12.4. The zero-order valence-corrected chi connectivity index (χ0v) is 19.4. The fourth-order valence-corrected chi connectivity index (χ4v) is 4.85. The average Bonchev–Trinajstić information content (AvgIpc) is 3.42. The predicted octanol–water partition coefficient (Wildman–Crippen LogP) is 6.78. The zero-order chi connectivity index (χ0) is 23.8. The van der Waals surface area contributed by atoms with Crippen molar-refractivity contribution in [2.45, 2.75) is 32.1 Å². The van der Waals surface area contributed by atoms with Crippen molar-refractivity contribution in [3.8, 4) is 16.9 Å². The Morgan fingerprint density at radius 2 is 1.91 bits per heavy atom. The maximum Gasteiger partial charge on any atom is 0.307 e. The van der Waals surface area contributed by atoms with Crippen molar-refractivity contribution in [2.24, 2.45) is 5.92 Å². The predicted molar refractivity (Wildman–Crippen MR) is 137 cm³/mol. The van der Waals surface area contributed by atoms with E-state index in [9.17, 15) is 4.79 Å². The van der Waals surface area contributed by atoms with Crippen molar-refractivity contribution in [3.63, 3.8) is 0 Å². The van der Waals surface area contributed by atoms with E-state index in [0.717, 1.165) is 62.8 Å². The van der Waals surface area contributed by atoms with Gasteiger partial charge < -0.3 is 19.2 Å². The molecule has 2 aromatic heterocycles. The smallest absolute Gasteiger partial charge is 0.307 e. The Balaban J connectivity index is 1.22. The second-order valence-electron chi connectivity index (χ2n) is 9.47. The summed E-state index contributed by atoms with van der Waals surface area (Å²) in [6.07, 6.45) is 6.14. The summed E-state index contributed by atoms with van der Waals surface area (Å²) in [7, 11) is 0. The summed E-state index contributed by atoms with van der Waals surface area (Å²) in [5.41, 5.74) is 7.26. The van der Waals surface area contributed by atoms with E-state index in [0.29, 0.717) is 12.5 Å². The minimum Gasteiger partial charge on any atom is -0.493 e. The fourth-order valence-electron chi connectivity index (χ4n) is 4.85. The van der Waals surface area contributed by atoms with E-state index in [1.54, 1.807) is 0 Å². The van der Waals surface area contributed by atoms with Crippen LogP contribution < -0.4 is 4.74 Å². The molecule has 0 bridgehead atoms. The molecule has 5 heteroatoms. The molecule has 1 saturated carbocycles. The normalized spacial score (nSPS) is 13.5. The molecule has 5 aromatic rings.